The van der Waals surface area contributed by atoms with Crippen molar-refractivity contribution in [2.45, 2.75) is 142 Å². The Kier molecular flexibility index (Phi) is 14.7. The van der Waals surface area contributed by atoms with Gasteiger partial charge in [-0.05, 0) is 79.9 Å². The average Bonchev–Trinajstić information content (AvgIpc) is 2.92. The summed E-state index contributed by atoms with van der Waals surface area (Å²) >= 11 is 0. The van der Waals surface area contributed by atoms with Crippen molar-refractivity contribution in [2.75, 3.05) is 6.61 Å². The van der Waals surface area contributed by atoms with Gasteiger partial charge in [0.1, 0.15) is 12.4 Å². The molecule has 0 unspecified atom stereocenters. The van der Waals surface area contributed by atoms with Crippen LogP contribution in [0.1, 0.15) is 141 Å². The molecule has 1 aromatic rings. The van der Waals surface area contributed by atoms with Crippen LogP contribution in [0.25, 0.3) is 0 Å². The predicted octanol–water partition coefficient (Wildman–Crippen LogP) is 11.1. The van der Waals surface area contributed by atoms with Gasteiger partial charge in [-0.1, -0.05) is 128 Å². The molecule has 2 aliphatic carbocycles. The van der Waals surface area contributed by atoms with E-state index < -0.39 is 0 Å². The average molecular weight is 495 g/mol. The van der Waals surface area contributed by atoms with Crippen molar-refractivity contribution in [2.24, 2.45) is 23.7 Å². The first-order valence-electron chi connectivity index (χ1n) is 16.1. The lowest BCUT2D eigenvalue weighted by Crippen LogP contribution is -2.15. The van der Waals surface area contributed by atoms with Crippen molar-refractivity contribution < 1.29 is 4.74 Å². The van der Waals surface area contributed by atoms with Crippen LogP contribution in [-0.2, 0) is 6.42 Å². The molecule has 2 fully saturated rings. The smallest absolute Gasteiger partial charge is 0.119 e. The van der Waals surface area contributed by atoms with Crippen molar-refractivity contribution in [1.29, 1.82) is 0 Å². The molecule has 0 atom stereocenters. The maximum absolute atomic E-state index is 6.01. The van der Waals surface area contributed by atoms with Crippen LogP contribution in [0, 0.1) is 23.7 Å². The van der Waals surface area contributed by atoms with Gasteiger partial charge in [-0.3, -0.25) is 0 Å². The second kappa shape index (κ2) is 18.1. The van der Waals surface area contributed by atoms with E-state index in [-0.39, 0.29) is 0 Å². The Bertz CT molecular complexity index is 673. The summed E-state index contributed by atoms with van der Waals surface area (Å²) < 4.78 is 6.01. The third-order valence-electron chi connectivity index (χ3n) is 9.31. The first kappa shape index (κ1) is 29.3. The molecule has 2 saturated carbocycles. The van der Waals surface area contributed by atoms with E-state index in [1.54, 1.807) is 0 Å². The molecule has 1 heteroatoms. The molecule has 0 N–H and O–H groups in total. The van der Waals surface area contributed by atoms with Gasteiger partial charge in [-0.2, -0.15) is 0 Å². The van der Waals surface area contributed by atoms with E-state index in [9.17, 15) is 0 Å². The quantitative estimate of drug-likeness (QED) is 0.154. The van der Waals surface area contributed by atoms with Crippen LogP contribution in [-0.4, -0.2) is 6.61 Å². The van der Waals surface area contributed by atoms with Crippen LogP contribution in [0.4, 0.5) is 0 Å². The van der Waals surface area contributed by atoms with E-state index in [0.29, 0.717) is 6.61 Å². The molecule has 36 heavy (non-hydrogen) atoms. The number of hydrogen-bond donors (Lipinski definition) is 0. The fraction of sp³-hybridized carbons (Fsp3) is 0.771. The molecular formula is C35H58O. The Morgan fingerprint density at radius 3 is 1.81 bits per heavy atom. The van der Waals surface area contributed by atoms with E-state index in [0.717, 1.165) is 29.4 Å². The zero-order valence-corrected chi connectivity index (χ0v) is 24.0. The Labute approximate surface area is 224 Å². The Morgan fingerprint density at radius 1 is 0.639 bits per heavy atom. The molecule has 0 radical (unpaired) electrons. The molecule has 1 nitrogen and oxygen atoms in total. The van der Waals surface area contributed by atoms with E-state index in [1.807, 2.05) is 0 Å². The molecule has 204 valence electrons. The Morgan fingerprint density at radius 2 is 1.17 bits per heavy atom. The van der Waals surface area contributed by atoms with E-state index in [2.05, 4.69) is 50.3 Å². The van der Waals surface area contributed by atoms with Gasteiger partial charge in [0.05, 0.1) is 0 Å². The van der Waals surface area contributed by atoms with E-state index in [4.69, 9.17) is 4.74 Å². The lowest BCUT2D eigenvalue weighted by molar-refractivity contribution is 0.248. The van der Waals surface area contributed by atoms with Crippen molar-refractivity contribution >= 4 is 0 Å². The number of aryl methyl sites for hydroxylation is 1. The van der Waals surface area contributed by atoms with Crippen LogP contribution in [0.3, 0.4) is 0 Å². The molecule has 0 aromatic heterocycles. The first-order chi connectivity index (χ1) is 17.8. The highest BCUT2D eigenvalue weighted by Gasteiger charge is 2.21. The third kappa shape index (κ3) is 11.9. The van der Waals surface area contributed by atoms with Crippen LogP contribution in [0.2, 0.25) is 0 Å². The third-order valence-corrected chi connectivity index (χ3v) is 9.31. The molecule has 2 aliphatic rings. The number of hydrogen-bond acceptors (Lipinski definition) is 1. The minimum absolute atomic E-state index is 0.706. The molecule has 0 saturated heterocycles. The zero-order valence-electron chi connectivity index (χ0n) is 24.0. The molecule has 0 bridgehead atoms. The van der Waals surface area contributed by atoms with Gasteiger partial charge in [0, 0.05) is 0 Å². The minimum atomic E-state index is 0.706. The summed E-state index contributed by atoms with van der Waals surface area (Å²) in [4.78, 5) is 0. The van der Waals surface area contributed by atoms with Gasteiger partial charge in [-0.25, -0.2) is 0 Å². The predicted molar refractivity (Wildman–Crippen MR) is 158 cm³/mol. The van der Waals surface area contributed by atoms with Crippen molar-refractivity contribution in [3.8, 4) is 5.75 Å². The van der Waals surface area contributed by atoms with E-state index in [1.165, 1.54) is 134 Å². The second-order valence-corrected chi connectivity index (χ2v) is 12.3. The van der Waals surface area contributed by atoms with Crippen LogP contribution >= 0.6 is 0 Å². The highest BCUT2D eigenvalue weighted by Crippen LogP contribution is 2.35. The number of benzene rings is 1. The van der Waals surface area contributed by atoms with Gasteiger partial charge in [-0.15, -0.1) is 0 Å². The number of ether oxygens (including phenoxy) is 1. The maximum Gasteiger partial charge on any atom is 0.119 e. The lowest BCUT2D eigenvalue weighted by Gasteiger charge is -2.28. The van der Waals surface area contributed by atoms with Crippen LogP contribution in [0.5, 0.6) is 5.75 Å². The monoisotopic (exact) mass is 494 g/mol. The summed E-state index contributed by atoms with van der Waals surface area (Å²) in [7, 11) is 0. The van der Waals surface area contributed by atoms with Crippen molar-refractivity contribution in [3.63, 3.8) is 0 Å². The highest BCUT2D eigenvalue weighted by molar-refractivity contribution is 5.27. The summed E-state index contributed by atoms with van der Waals surface area (Å²) in [6.07, 6.45) is 33.1. The van der Waals surface area contributed by atoms with Gasteiger partial charge in [0.2, 0.25) is 0 Å². The standard InChI is InChI=1S/C35H58O/c1-3-5-7-8-10-13-31-19-21-33(22-20-31)23-24-34-25-27-35(28-26-34)36-29-11-14-32-17-15-30(16-18-32)12-9-6-4-2/h11,14,25-28,30-33H,3-10,12-13,15-24,29H2,1-2H3/b14-11+. The fourth-order valence-electron chi connectivity index (χ4n) is 6.71. The number of unbranched alkanes of at least 4 members (excludes halogenated alkanes) is 6. The summed E-state index contributed by atoms with van der Waals surface area (Å²) in [5.41, 5.74) is 1.48. The first-order valence-corrected chi connectivity index (χ1v) is 16.1. The van der Waals surface area contributed by atoms with Crippen molar-refractivity contribution in [3.05, 3.63) is 42.0 Å². The molecule has 3 rings (SSSR count). The van der Waals surface area contributed by atoms with Gasteiger partial charge >= 0.3 is 0 Å². The van der Waals surface area contributed by atoms with E-state index >= 15 is 0 Å². The lowest BCUT2D eigenvalue weighted by atomic mass is 9.78. The molecular weight excluding hydrogens is 436 g/mol. The van der Waals surface area contributed by atoms with Crippen molar-refractivity contribution in [1.82, 2.24) is 0 Å². The molecule has 0 spiro atoms. The summed E-state index contributed by atoms with van der Waals surface area (Å²) in [5.74, 6) is 4.77. The van der Waals surface area contributed by atoms with Crippen LogP contribution in [0.15, 0.2) is 36.4 Å². The zero-order chi connectivity index (χ0) is 25.3. The summed E-state index contributed by atoms with van der Waals surface area (Å²) in [6, 6.07) is 8.95. The number of allylic oxidation sites excluding steroid dienone is 1. The van der Waals surface area contributed by atoms with Gasteiger partial charge in [0.25, 0.3) is 0 Å². The summed E-state index contributed by atoms with van der Waals surface area (Å²) in [5, 5.41) is 0. The molecule has 1 aromatic carbocycles. The molecule has 0 aliphatic heterocycles. The highest BCUT2D eigenvalue weighted by atomic mass is 16.5. The molecule has 0 heterocycles. The van der Waals surface area contributed by atoms with Crippen LogP contribution < -0.4 is 4.74 Å². The second-order valence-electron chi connectivity index (χ2n) is 12.3. The van der Waals surface area contributed by atoms with Gasteiger partial charge in [0.15, 0.2) is 0 Å². The fourth-order valence-corrected chi connectivity index (χ4v) is 6.71. The number of rotatable bonds is 17. The Hall–Kier alpha value is -1.24. The summed E-state index contributed by atoms with van der Waals surface area (Å²) in [6.45, 7) is 5.32. The Balaban J connectivity index is 1.23. The topological polar surface area (TPSA) is 9.23 Å². The largest absolute Gasteiger partial charge is 0.490 e. The van der Waals surface area contributed by atoms with Gasteiger partial charge < -0.3 is 4.74 Å². The molecule has 0 amide bonds. The normalized spacial score (nSPS) is 24.8. The maximum atomic E-state index is 6.01. The SMILES string of the molecule is CCCCCCCC1CCC(CCc2ccc(OC/C=C/C3CCC(CCCCC)CC3)cc2)CC1. The minimum Gasteiger partial charge on any atom is -0.490 e.